The van der Waals surface area contributed by atoms with Crippen LogP contribution in [0.1, 0.15) is 20.3 Å². The Balaban J connectivity index is 2.02. The Morgan fingerprint density at radius 3 is 2.70 bits per heavy atom. The maximum absolute atomic E-state index is 13.0. The molecule has 1 unspecified atom stereocenters. The Labute approximate surface area is 136 Å². The Hall–Kier alpha value is -1.92. The van der Waals surface area contributed by atoms with Gasteiger partial charge in [0.05, 0.1) is 6.61 Å². The summed E-state index contributed by atoms with van der Waals surface area (Å²) >= 11 is 0. The van der Waals surface area contributed by atoms with Crippen molar-refractivity contribution >= 4 is 11.9 Å². The number of hydrogen-bond donors (Lipinski definition) is 2. The number of aliphatic imine (C=N–C) groups is 1. The molecule has 2 N–H and O–H groups in total. The lowest BCUT2D eigenvalue weighted by molar-refractivity contribution is 0.0948. The van der Waals surface area contributed by atoms with Crippen molar-refractivity contribution in [3.05, 3.63) is 41.9 Å². The van der Waals surface area contributed by atoms with Gasteiger partial charge < -0.3 is 9.64 Å². The van der Waals surface area contributed by atoms with Crippen LogP contribution < -0.4 is 10.4 Å². The van der Waals surface area contributed by atoms with Gasteiger partial charge in [0.15, 0.2) is 0 Å². The Kier molecular flexibility index (Phi) is 5.74. The molecule has 1 aromatic carbocycles. The quantitative estimate of drug-likeness (QED) is 0.599. The van der Waals surface area contributed by atoms with Crippen LogP contribution in [0.2, 0.25) is 0 Å². The number of allylic oxidation sites excluding steroid dienone is 1. The molecule has 1 aliphatic heterocycles. The van der Waals surface area contributed by atoms with E-state index in [1.807, 2.05) is 13.8 Å². The number of hydroxylamine groups is 1. The molecule has 1 aliphatic rings. The zero-order valence-electron chi connectivity index (χ0n) is 13.8. The zero-order valence-corrected chi connectivity index (χ0v) is 13.8. The first-order valence-corrected chi connectivity index (χ1v) is 7.63. The maximum Gasteiger partial charge on any atom is 0.123 e. The van der Waals surface area contributed by atoms with E-state index in [9.17, 15) is 9.60 Å². The van der Waals surface area contributed by atoms with Crippen LogP contribution in [0.15, 0.2) is 41.0 Å². The molecule has 0 bridgehead atoms. The van der Waals surface area contributed by atoms with E-state index in [0.29, 0.717) is 12.3 Å². The monoisotopic (exact) mass is 321 g/mol. The first kappa shape index (κ1) is 17.4. The summed E-state index contributed by atoms with van der Waals surface area (Å²) < 4.78 is 18.1. The maximum atomic E-state index is 13.0. The molecule has 0 radical (unpaired) electrons. The summed E-state index contributed by atoms with van der Waals surface area (Å²) in [6.45, 7) is 5.31. The summed E-state index contributed by atoms with van der Waals surface area (Å²) in [7, 11) is 1.62. The van der Waals surface area contributed by atoms with Crippen molar-refractivity contribution in [3.8, 4) is 0 Å². The normalized spacial score (nSPS) is 19.1. The van der Waals surface area contributed by atoms with Gasteiger partial charge in [0, 0.05) is 43.1 Å². The van der Waals surface area contributed by atoms with Gasteiger partial charge in [-0.15, -0.1) is 0 Å². The second kappa shape index (κ2) is 7.57. The number of benzene rings is 1. The number of hydrogen-bond acceptors (Lipinski definition) is 5. The van der Waals surface area contributed by atoms with E-state index in [1.165, 1.54) is 12.1 Å². The first-order valence-electron chi connectivity index (χ1n) is 7.63. The Morgan fingerprint density at radius 2 is 2.17 bits per heavy atom. The second-order valence-electron chi connectivity index (χ2n) is 6.25. The summed E-state index contributed by atoms with van der Waals surface area (Å²) in [4.78, 5) is 6.62. The van der Waals surface area contributed by atoms with Gasteiger partial charge in [0.25, 0.3) is 0 Å². The van der Waals surface area contributed by atoms with E-state index < -0.39 is 0 Å². The molecule has 0 spiro atoms. The number of ether oxygens (including phenoxy) is 1. The number of nitrogens with zero attached hydrogens (tertiary/aromatic N) is 2. The molecule has 0 saturated carbocycles. The van der Waals surface area contributed by atoms with E-state index in [0.717, 1.165) is 18.7 Å². The van der Waals surface area contributed by atoms with Gasteiger partial charge in [-0.1, -0.05) is 13.8 Å². The number of rotatable bonds is 7. The molecular weight excluding hydrogens is 297 g/mol. The van der Waals surface area contributed by atoms with Crippen molar-refractivity contribution < 1.29 is 14.3 Å². The third-order valence-electron chi connectivity index (χ3n) is 4.00. The van der Waals surface area contributed by atoms with Gasteiger partial charge in [-0.2, -0.15) is 0 Å². The third-order valence-corrected chi connectivity index (χ3v) is 4.00. The lowest BCUT2D eigenvalue weighted by Crippen LogP contribution is -2.46. The highest BCUT2D eigenvalue weighted by Crippen LogP contribution is 2.27. The highest BCUT2D eigenvalue weighted by atomic mass is 19.1. The average Bonchev–Trinajstić information content (AvgIpc) is 2.48. The smallest absolute Gasteiger partial charge is 0.123 e. The molecule has 1 saturated heterocycles. The summed E-state index contributed by atoms with van der Waals surface area (Å²) in [5, 5.41) is 9.30. The topological polar surface area (TPSA) is 57.1 Å². The van der Waals surface area contributed by atoms with E-state index >= 15 is 0 Å². The number of anilines is 1. The lowest BCUT2D eigenvalue weighted by Gasteiger charge is -2.40. The second-order valence-corrected chi connectivity index (χ2v) is 6.25. The molecule has 0 amide bonds. The summed E-state index contributed by atoms with van der Waals surface area (Å²) in [6.07, 6.45) is 4.43. The summed E-state index contributed by atoms with van der Waals surface area (Å²) in [6, 6.07) is 6.43. The third kappa shape index (κ3) is 4.30. The van der Waals surface area contributed by atoms with Crippen molar-refractivity contribution in [2.45, 2.75) is 26.4 Å². The highest BCUT2D eigenvalue weighted by Gasteiger charge is 2.27. The van der Waals surface area contributed by atoms with Crippen molar-refractivity contribution in [3.63, 3.8) is 0 Å². The van der Waals surface area contributed by atoms with Crippen LogP contribution in [0.25, 0.3) is 0 Å². The van der Waals surface area contributed by atoms with Crippen LogP contribution in [-0.4, -0.2) is 37.8 Å². The minimum absolute atomic E-state index is 0.0437. The molecule has 1 atom stereocenters. The van der Waals surface area contributed by atoms with E-state index in [2.05, 4.69) is 15.4 Å². The van der Waals surface area contributed by atoms with E-state index in [1.54, 1.807) is 31.5 Å². The van der Waals surface area contributed by atoms with Gasteiger partial charge in [-0.3, -0.25) is 15.7 Å². The molecule has 2 rings (SSSR count). The van der Waals surface area contributed by atoms with Crippen LogP contribution in [0.3, 0.4) is 0 Å². The fraction of sp³-hybridized carbons (Fsp3) is 0.471. The fourth-order valence-electron chi connectivity index (χ4n) is 2.53. The molecule has 6 heteroatoms. The van der Waals surface area contributed by atoms with Crippen molar-refractivity contribution in [1.82, 2.24) is 5.48 Å². The van der Waals surface area contributed by atoms with Gasteiger partial charge in [0.1, 0.15) is 12.0 Å². The number of methoxy groups -OCH3 is 1. The molecule has 0 aliphatic carbocycles. The van der Waals surface area contributed by atoms with Crippen LogP contribution in [-0.2, 0) is 4.74 Å². The van der Waals surface area contributed by atoms with Gasteiger partial charge in [-0.25, -0.2) is 4.39 Å². The van der Waals surface area contributed by atoms with Gasteiger partial charge >= 0.3 is 0 Å². The summed E-state index contributed by atoms with van der Waals surface area (Å²) in [5.41, 5.74) is 3.48. The van der Waals surface area contributed by atoms with E-state index in [4.69, 9.17) is 4.74 Å². The standard InChI is InChI=1S/C17H24FN3O2/c1-17(2,12-23-3)15(20-22)8-10-19-16-9-11-21(16)14-6-4-13(18)5-7-14/h4-8,10,16,20,22H,9,11-12H2,1-3H3. The van der Waals surface area contributed by atoms with Crippen LogP contribution in [0.4, 0.5) is 10.1 Å². The van der Waals surface area contributed by atoms with Crippen molar-refractivity contribution in [2.75, 3.05) is 25.2 Å². The molecular formula is C17H24FN3O2. The van der Waals surface area contributed by atoms with Crippen molar-refractivity contribution in [2.24, 2.45) is 10.4 Å². The van der Waals surface area contributed by atoms with Crippen LogP contribution >= 0.6 is 0 Å². The predicted molar refractivity (Wildman–Crippen MR) is 89.3 cm³/mol. The minimum atomic E-state index is -0.341. The zero-order chi connectivity index (χ0) is 16.9. The molecule has 5 nitrogen and oxygen atoms in total. The molecule has 1 aromatic rings. The number of nitrogens with one attached hydrogen (secondary N) is 1. The average molecular weight is 321 g/mol. The summed E-state index contributed by atoms with van der Waals surface area (Å²) in [5.74, 6) is -0.240. The predicted octanol–water partition coefficient (Wildman–Crippen LogP) is 2.97. The highest BCUT2D eigenvalue weighted by molar-refractivity contribution is 5.73. The Bertz CT molecular complexity index is 570. The Morgan fingerprint density at radius 1 is 1.48 bits per heavy atom. The molecule has 23 heavy (non-hydrogen) atoms. The number of halogens is 1. The largest absolute Gasteiger partial charge is 0.384 e. The first-order chi connectivity index (χ1) is 11.0. The van der Waals surface area contributed by atoms with E-state index in [-0.39, 0.29) is 17.4 Å². The minimum Gasteiger partial charge on any atom is -0.384 e. The van der Waals surface area contributed by atoms with Gasteiger partial charge in [0.2, 0.25) is 0 Å². The molecule has 0 aromatic heterocycles. The van der Waals surface area contributed by atoms with Gasteiger partial charge in [-0.05, 0) is 30.3 Å². The van der Waals surface area contributed by atoms with Crippen molar-refractivity contribution in [1.29, 1.82) is 0 Å². The van der Waals surface area contributed by atoms with Crippen LogP contribution in [0.5, 0.6) is 0 Å². The molecule has 126 valence electrons. The SMILES string of the molecule is COCC(C)(C)C(=CC=NC1CCN1c1ccc(F)cc1)NO. The lowest BCUT2D eigenvalue weighted by atomic mass is 9.90. The molecule has 1 heterocycles. The molecule has 1 fully saturated rings. The van der Waals surface area contributed by atoms with Crippen LogP contribution in [0, 0.1) is 11.2 Å². The fourth-order valence-corrected chi connectivity index (χ4v) is 2.53.